The summed E-state index contributed by atoms with van der Waals surface area (Å²) in [5.41, 5.74) is 6.60. The maximum absolute atomic E-state index is 5.67. The van der Waals surface area contributed by atoms with Crippen LogP contribution >= 0.6 is 15.9 Å². The van der Waals surface area contributed by atoms with Crippen molar-refractivity contribution >= 4 is 42.6 Å². The Labute approximate surface area is 97.5 Å². The van der Waals surface area contributed by atoms with Crippen LogP contribution in [0.3, 0.4) is 0 Å². The van der Waals surface area contributed by atoms with Crippen molar-refractivity contribution < 1.29 is 0 Å². The van der Waals surface area contributed by atoms with Gasteiger partial charge in [-0.3, -0.25) is 0 Å². The second kappa shape index (κ2) is 3.73. The summed E-state index contributed by atoms with van der Waals surface area (Å²) >= 11 is 6.17. The molecule has 2 N–H and O–H groups in total. The predicted octanol–water partition coefficient (Wildman–Crippen LogP) is 0.406. The first-order chi connectivity index (χ1) is 6.68. The first-order valence-electron chi connectivity index (χ1n) is 3.82. The number of hydrogen-bond acceptors (Lipinski definition) is 3. The van der Waals surface area contributed by atoms with Crippen LogP contribution in [0.2, 0.25) is 0 Å². The molecule has 6 heteroatoms. The minimum atomic E-state index is 0.376. The Morgan fingerprint density at radius 2 is 1.86 bits per heavy atom. The topological polar surface area (TPSA) is 56.7 Å². The van der Waals surface area contributed by atoms with Gasteiger partial charge in [0.1, 0.15) is 0 Å². The fourth-order valence-electron chi connectivity index (χ4n) is 1.11. The van der Waals surface area contributed by atoms with Gasteiger partial charge in [0.15, 0.2) is 0 Å². The molecule has 0 bridgehead atoms. The van der Waals surface area contributed by atoms with Crippen LogP contribution in [0.5, 0.6) is 0 Å². The molecule has 0 aliphatic heterocycles. The van der Waals surface area contributed by atoms with Crippen LogP contribution < -0.4 is 10.5 Å². The van der Waals surface area contributed by atoms with E-state index in [-0.39, 0.29) is 0 Å². The summed E-state index contributed by atoms with van der Waals surface area (Å²) in [6.07, 6.45) is 0. The van der Waals surface area contributed by atoms with E-state index in [1.165, 1.54) is 0 Å². The van der Waals surface area contributed by atoms with Gasteiger partial charge < -0.3 is 0 Å². The van der Waals surface area contributed by atoms with Crippen molar-refractivity contribution in [2.45, 2.75) is 0 Å². The zero-order valence-electron chi connectivity index (χ0n) is 7.01. The third-order valence-corrected chi connectivity index (χ3v) is 2.83. The molecule has 4 nitrogen and oxygen atoms in total. The molecular formula is C8H6BrN4Se. The standard InChI is InChI=1S/C8H6BrN4Se/c9-5-1-3-6(4-2-5)13-7(10)11-12-8(13)14/h1-4H,(H2,10,11). The van der Waals surface area contributed by atoms with Gasteiger partial charge in [-0.15, -0.1) is 0 Å². The van der Waals surface area contributed by atoms with Crippen LogP contribution in [0.25, 0.3) is 5.69 Å². The Kier molecular flexibility index (Phi) is 2.58. The molecule has 71 valence electrons. The van der Waals surface area contributed by atoms with Crippen LogP contribution in [-0.2, 0) is 0 Å². The predicted molar refractivity (Wildman–Crippen MR) is 58.9 cm³/mol. The van der Waals surface area contributed by atoms with Crippen molar-refractivity contribution in [1.29, 1.82) is 0 Å². The van der Waals surface area contributed by atoms with E-state index < -0.39 is 0 Å². The summed E-state index contributed by atoms with van der Waals surface area (Å²) < 4.78 is 3.42. The number of nitrogens with two attached hydrogens (primary N) is 1. The van der Waals surface area contributed by atoms with E-state index in [9.17, 15) is 0 Å². The molecule has 2 aromatic rings. The molecule has 1 aromatic carbocycles. The summed E-state index contributed by atoms with van der Waals surface area (Å²) in [6, 6.07) is 7.75. The molecule has 0 unspecified atom stereocenters. The van der Waals surface area contributed by atoms with Gasteiger partial charge in [-0.2, -0.15) is 0 Å². The fraction of sp³-hybridized carbons (Fsp3) is 0. The Morgan fingerprint density at radius 1 is 1.21 bits per heavy atom. The normalized spacial score (nSPS) is 10.4. The summed E-state index contributed by atoms with van der Waals surface area (Å²) in [6.45, 7) is 0. The van der Waals surface area contributed by atoms with Crippen molar-refractivity contribution in [1.82, 2.24) is 14.8 Å². The second-order valence-electron chi connectivity index (χ2n) is 2.65. The van der Waals surface area contributed by atoms with Crippen LogP contribution in [0.4, 0.5) is 5.95 Å². The van der Waals surface area contributed by atoms with Crippen LogP contribution in [-0.4, -0.2) is 30.8 Å². The number of benzene rings is 1. The number of nitrogen functional groups attached to an aromatic ring is 1. The van der Waals surface area contributed by atoms with Gasteiger partial charge in [0.25, 0.3) is 0 Å². The van der Waals surface area contributed by atoms with E-state index >= 15 is 0 Å². The molecule has 0 saturated carbocycles. The number of rotatable bonds is 1. The Hall–Kier alpha value is -0.841. The molecule has 0 amide bonds. The fourth-order valence-corrected chi connectivity index (χ4v) is 1.88. The molecule has 1 radical (unpaired) electrons. The molecule has 0 saturated heterocycles. The molecule has 0 aliphatic rings. The molecule has 1 heterocycles. The molecule has 0 atom stereocenters. The van der Waals surface area contributed by atoms with Gasteiger partial charge in [-0.1, -0.05) is 0 Å². The molecule has 0 fully saturated rings. The number of hydrogen-bond donors (Lipinski definition) is 1. The van der Waals surface area contributed by atoms with Crippen LogP contribution in [0, 0.1) is 0 Å². The van der Waals surface area contributed by atoms with Crippen molar-refractivity contribution in [2.75, 3.05) is 5.73 Å². The Morgan fingerprint density at radius 3 is 2.36 bits per heavy atom. The third kappa shape index (κ3) is 1.68. The summed E-state index contributed by atoms with van der Waals surface area (Å²) in [5.74, 6) is 0.376. The van der Waals surface area contributed by atoms with E-state index in [0.717, 1.165) is 10.2 Å². The number of aromatic nitrogens is 3. The zero-order chi connectivity index (χ0) is 10.1. The Bertz CT molecular complexity index is 431. The van der Waals surface area contributed by atoms with Crippen molar-refractivity contribution in [3.05, 3.63) is 28.7 Å². The summed E-state index contributed by atoms with van der Waals surface area (Å²) in [7, 11) is 0. The molecule has 14 heavy (non-hydrogen) atoms. The van der Waals surface area contributed by atoms with E-state index in [2.05, 4.69) is 42.1 Å². The van der Waals surface area contributed by atoms with E-state index in [0.29, 0.717) is 10.7 Å². The van der Waals surface area contributed by atoms with Crippen LogP contribution in [0.1, 0.15) is 0 Å². The summed E-state index contributed by atoms with van der Waals surface area (Å²) in [5, 5.41) is 7.60. The van der Waals surface area contributed by atoms with Crippen molar-refractivity contribution in [3.8, 4) is 5.69 Å². The van der Waals surface area contributed by atoms with Gasteiger partial charge in [0, 0.05) is 0 Å². The number of anilines is 1. The molecule has 0 spiro atoms. The zero-order valence-corrected chi connectivity index (χ0v) is 10.3. The average molecular weight is 317 g/mol. The SMILES string of the molecule is Nc1nnc([Se])n1-c1ccc(Br)cc1. The van der Waals surface area contributed by atoms with Gasteiger partial charge in [0.2, 0.25) is 0 Å². The van der Waals surface area contributed by atoms with Gasteiger partial charge >= 0.3 is 97.5 Å². The second-order valence-corrected chi connectivity index (χ2v) is 4.33. The molecule has 2 rings (SSSR count). The molecule has 1 aromatic heterocycles. The Balaban J connectivity index is 2.54. The van der Waals surface area contributed by atoms with Crippen molar-refractivity contribution in [2.24, 2.45) is 0 Å². The third-order valence-electron chi connectivity index (χ3n) is 1.74. The quantitative estimate of drug-likeness (QED) is 0.775. The average Bonchev–Trinajstić information content (AvgIpc) is 2.49. The summed E-state index contributed by atoms with van der Waals surface area (Å²) in [4.78, 5) is 0. The monoisotopic (exact) mass is 317 g/mol. The first kappa shape index (κ1) is 9.70. The van der Waals surface area contributed by atoms with E-state index in [4.69, 9.17) is 5.73 Å². The van der Waals surface area contributed by atoms with E-state index in [1.807, 2.05) is 24.3 Å². The van der Waals surface area contributed by atoms with Gasteiger partial charge in [-0.05, 0) is 0 Å². The van der Waals surface area contributed by atoms with Crippen molar-refractivity contribution in [3.63, 3.8) is 0 Å². The molecular weight excluding hydrogens is 311 g/mol. The number of nitrogens with zero attached hydrogens (tertiary/aromatic N) is 3. The van der Waals surface area contributed by atoms with Gasteiger partial charge in [-0.25, -0.2) is 0 Å². The molecule has 0 aliphatic carbocycles. The number of halogens is 1. The van der Waals surface area contributed by atoms with Crippen LogP contribution in [0.15, 0.2) is 28.7 Å². The first-order valence-corrected chi connectivity index (χ1v) is 5.47. The van der Waals surface area contributed by atoms with Gasteiger partial charge in [0.05, 0.1) is 0 Å². The minimum absolute atomic E-state index is 0.376. The van der Waals surface area contributed by atoms with E-state index in [1.54, 1.807) is 4.57 Å². The maximum atomic E-state index is 5.67.